The fourth-order valence-electron chi connectivity index (χ4n) is 2.38. The van der Waals surface area contributed by atoms with Crippen molar-refractivity contribution in [3.63, 3.8) is 0 Å². The van der Waals surface area contributed by atoms with Gasteiger partial charge < -0.3 is 0 Å². The first kappa shape index (κ1) is 11.4. The topological polar surface area (TPSA) is 54.4 Å². The van der Waals surface area contributed by atoms with Gasteiger partial charge in [-0.1, -0.05) is 36.4 Å². The molecule has 2 aliphatic rings. The zero-order valence-electron chi connectivity index (χ0n) is 9.63. The van der Waals surface area contributed by atoms with Crippen molar-refractivity contribution < 1.29 is 13.0 Å². The molecule has 3 nitrogen and oxygen atoms in total. The fraction of sp³-hybridized carbons (Fsp3) is 0.143. The summed E-state index contributed by atoms with van der Waals surface area (Å²) in [4.78, 5) is 0.0666. The van der Waals surface area contributed by atoms with Crippen molar-refractivity contribution in [2.24, 2.45) is 0 Å². The van der Waals surface area contributed by atoms with Crippen LogP contribution in [0.25, 0.3) is 6.08 Å². The average Bonchev–Trinajstić information content (AvgIpc) is 2.34. The van der Waals surface area contributed by atoms with E-state index in [1.807, 2.05) is 24.3 Å². The van der Waals surface area contributed by atoms with Gasteiger partial charge in [-0.25, -0.2) is 0 Å². The van der Waals surface area contributed by atoms with E-state index in [9.17, 15) is 8.42 Å². The van der Waals surface area contributed by atoms with Crippen LogP contribution in [0, 0.1) is 0 Å². The summed E-state index contributed by atoms with van der Waals surface area (Å²) in [6.07, 6.45) is 6.38. The molecule has 92 valence electrons. The Morgan fingerprint density at radius 3 is 2.56 bits per heavy atom. The maximum Gasteiger partial charge on any atom is 0.290 e. The lowest BCUT2D eigenvalue weighted by atomic mass is 9.84. The van der Waals surface area contributed by atoms with Crippen LogP contribution in [0.5, 0.6) is 0 Å². The van der Waals surface area contributed by atoms with Gasteiger partial charge in [0.25, 0.3) is 10.1 Å². The zero-order valence-corrected chi connectivity index (χ0v) is 10.4. The van der Waals surface area contributed by atoms with Gasteiger partial charge in [-0.3, -0.25) is 4.55 Å². The summed E-state index contributed by atoms with van der Waals surface area (Å²) in [5, 5.41) is 0. The average molecular weight is 260 g/mol. The molecule has 0 aromatic heterocycles. The van der Waals surface area contributed by atoms with Crippen molar-refractivity contribution in [1.29, 1.82) is 0 Å². The molecule has 0 aliphatic heterocycles. The van der Waals surface area contributed by atoms with Crippen LogP contribution in [-0.2, 0) is 16.5 Å². The Hall–Kier alpha value is -1.65. The molecule has 4 heteroatoms. The van der Waals surface area contributed by atoms with Gasteiger partial charge in [-0.05, 0) is 34.8 Å². The van der Waals surface area contributed by atoms with Crippen molar-refractivity contribution >= 4 is 16.2 Å². The molecule has 3 rings (SSSR count). The summed E-state index contributed by atoms with van der Waals surface area (Å²) in [6, 6.07) is 8.06. The van der Waals surface area contributed by atoms with Gasteiger partial charge in [0.1, 0.15) is 0 Å². The molecule has 0 amide bonds. The molecule has 0 fully saturated rings. The molecule has 2 aliphatic carbocycles. The first-order chi connectivity index (χ1) is 8.54. The highest BCUT2D eigenvalue weighted by Gasteiger charge is 2.23. The van der Waals surface area contributed by atoms with E-state index < -0.39 is 10.1 Å². The lowest BCUT2D eigenvalue weighted by molar-refractivity contribution is 0.489. The monoisotopic (exact) mass is 260 g/mol. The van der Waals surface area contributed by atoms with E-state index in [0.717, 1.165) is 23.1 Å². The smallest absolute Gasteiger partial charge is 0.282 e. The highest BCUT2D eigenvalue weighted by Crippen LogP contribution is 2.35. The Labute approximate surface area is 106 Å². The van der Waals surface area contributed by atoms with Crippen molar-refractivity contribution in [2.75, 3.05) is 0 Å². The Balaban J connectivity index is 2.06. The Morgan fingerprint density at radius 1 is 1.00 bits per heavy atom. The van der Waals surface area contributed by atoms with Gasteiger partial charge in [0.15, 0.2) is 0 Å². The minimum Gasteiger partial charge on any atom is -0.282 e. The van der Waals surface area contributed by atoms with Gasteiger partial charge in [0.05, 0.1) is 4.91 Å². The first-order valence-electron chi connectivity index (χ1n) is 5.70. The lowest BCUT2D eigenvalue weighted by Gasteiger charge is -2.22. The van der Waals surface area contributed by atoms with Crippen molar-refractivity contribution in [3.05, 3.63) is 63.6 Å². The number of hydrogen-bond acceptors (Lipinski definition) is 2. The summed E-state index contributed by atoms with van der Waals surface area (Å²) in [5.74, 6) is 0. The number of allylic oxidation sites excluding steroid dienone is 5. The molecular weight excluding hydrogens is 248 g/mol. The molecule has 0 atom stereocenters. The second-order valence-electron chi connectivity index (χ2n) is 4.52. The Bertz CT molecular complexity index is 706. The lowest BCUT2D eigenvalue weighted by Crippen LogP contribution is -2.11. The fourth-order valence-corrected chi connectivity index (χ4v) is 2.96. The maximum absolute atomic E-state index is 11.1. The predicted molar refractivity (Wildman–Crippen MR) is 70.5 cm³/mol. The van der Waals surface area contributed by atoms with Crippen molar-refractivity contribution in [3.8, 4) is 0 Å². The Morgan fingerprint density at radius 2 is 1.78 bits per heavy atom. The predicted octanol–water partition coefficient (Wildman–Crippen LogP) is 2.73. The van der Waals surface area contributed by atoms with E-state index in [-0.39, 0.29) is 11.3 Å². The summed E-state index contributed by atoms with van der Waals surface area (Å²) in [5.41, 5.74) is 4.47. The third-order valence-electron chi connectivity index (χ3n) is 3.34. The van der Waals surface area contributed by atoms with Crippen LogP contribution in [-0.4, -0.2) is 13.0 Å². The minimum absolute atomic E-state index is 0.0666. The third-order valence-corrected chi connectivity index (χ3v) is 4.29. The highest BCUT2D eigenvalue weighted by atomic mass is 32.2. The molecule has 0 radical (unpaired) electrons. The van der Waals surface area contributed by atoms with E-state index in [0.29, 0.717) is 0 Å². The standard InChI is InChI=1S/C14H12O3S/c15-18(16,17)14-6-5-12-7-10-3-1-2-4-11(10)8-13(12)9-14/h1-6,8H,7,9H2,(H,15,16,17). The van der Waals surface area contributed by atoms with Gasteiger partial charge in [-0.2, -0.15) is 8.42 Å². The summed E-state index contributed by atoms with van der Waals surface area (Å²) < 4.78 is 31.3. The summed E-state index contributed by atoms with van der Waals surface area (Å²) >= 11 is 0. The SMILES string of the molecule is O=S(=O)(O)C1=CC=C2Cc3ccccc3C=C2C1. The van der Waals surface area contributed by atoms with E-state index in [4.69, 9.17) is 4.55 Å². The number of benzene rings is 1. The highest BCUT2D eigenvalue weighted by molar-refractivity contribution is 7.89. The second-order valence-corrected chi connectivity index (χ2v) is 6.00. The molecule has 0 unspecified atom stereocenters. The second kappa shape index (κ2) is 3.93. The van der Waals surface area contributed by atoms with Crippen LogP contribution < -0.4 is 0 Å². The first-order valence-corrected chi connectivity index (χ1v) is 7.14. The number of fused-ring (bicyclic) bond motifs is 2. The molecule has 0 heterocycles. The minimum atomic E-state index is -4.08. The van der Waals surface area contributed by atoms with Gasteiger partial charge in [0, 0.05) is 6.42 Å². The van der Waals surface area contributed by atoms with E-state index in [1.165, 1.54) is 11.6 Å². The molecule has 1 aromatic carbocycles. The Kier molecular flexibility index (Phi) is 2.50. The quantitative estimate of drug-likeness (QED) is 0.790. The third kappa shape index (κ3) is 1.94. The summed E-state index contributed by atoms with van der Waals surface area (Å²) in [7, 11) is -4.08. The molecule has 18 heavy (non-hydrogen) atoms. The van der Waals surface area contributed by atoms with Crippen LogP contribution in [0.15, 0.2) is 52.5 Å². The normalized spacial score (nSPS) is 18.2. The van der Waals surface area contributed by atoms with Crippen molar-refractivity contribution in [1.82, 2.24) is 0 Å². The van der Waals surface area contributed by atoms with Crippen LogP contribution in [0.2, 0.25) is 0 Å². The molecule has 0 saturated carbocycles. The molecule has 1 N–H and O–H groups in total. The van der Waals surface area contributed by atoms with Gasteiger partial charge >= 0.3 is 0 Å². The molecule has 1 aromatic rings. The molecule has 0 saturated heterocycles. The van der Waals surface area contributed by atoms with E-state index in [1.54, 1.807) is 6.08 Å². The van der Waals surface area contributed by atoms with Gasteiger partial charge in [0.2, 0.25) is 0 Å². The van der Waals surface area contributed by atoms with Crippen LogP contribution in [0.1, 0.15) is 17.5 Å². The van der Waals surface area contributed by atoms with Gasteiger partial charge in [-0.15, -0.1) is 0 Å². The largest absolute Gasteiger partial charge is 0.290 e. The number of hydrogen-bond donors (Lipinski definition) is 1. The number of rotatable bonds is 1. The maximum atomic E-state index is 11.1. The van der Waals surface area contributed by atoms with Crippen LogP contribution in [0.4, 0.5) is 0 Å². The van der Waals surface area contributed by atoms with Crippen molar-refractivity contribution in [2.45, 2.75) is 12.8 Å². The zero-order chi connectivity index (χ0) is 12.8. The van der Waals surface area contributed by atoms with E-state index in [2.05, 4.69) is 6.07 Å². The summed E-state index contributed by atoms with van der Waals surface area (Å²) in [6.45, 7) is 0. The molecular formula is C14H12O3S. The van der Waals surface area contributed by atoms with Crippen LogP contribution >= 0.6 is 0 Å². The van der Waals surface area contributed by atoms with E-state index >= 15 is 0 Å². The van der Waals surface area contributed by atoms with Crippen LogP contribution in [0.3, 0.4) is 0 Å². The molecule has 0 bridgehead atoms. The molecule has 0 spiro atoms.